The quantitative estimate of drug-likeness (QED) is 0.895. The number of hydrogen-bond donors (Lipinski definition) is 1. The van der Waals surface area contributed by atoms with E-state index in [1.54, 1.807) is 6.20 Å². The third-order valence-electron chi connectivity index (χ3n) is 3.29. The van der Waals surface area contributed by atoms with E-state index in [1.807, 2.05) is 16.4 Å². The molecule has 0 saturated carbocycles. The van der Waals surface area contributed by atoms with Crippen molar-refractivity contribution in [3.05, 3.63) is 16.9 Å². The summed E-state index contributed by atoms with van der Waals surface area (Å²) in [6.07, 6.45) is 3.04. The van der Waals surface area contributed by atoms with Crippen molar-refractivity contribution in [3.8, 4) is 0 Å². The van der Waals surface area contributed by atoms with Crippen LogP contribution in [0.25, 0.3) is 0 Å². The van der Waals surface area contributed by atoms with Crippen LogP contribution in [0.2, 0.25) is 5.02 Å². The Balaban J connectivity index is 2.27. The molecule has 1 aromatic rings. The molecule has 0 bridgehead atoms. The van der Waals surface area contributed by atoms with Crippen LogP contribution in [0.4, 0.5) is 0 Å². The Hall–Kier alpha value is -0.190. The predicted molar refractivity (Wildman–Crippen MR) is 74.8 cm³/mol. The second-order valence-corrected chi connectivity index (χ2v) is 5.91. The predicted octanol–water partition coefficient (Wildman–Crippen LogP) is 2.96. The normalized spacial score (nSPS) is 21.9. The number of rotatable bonds is 5. The maximum absolute atomic E-state index is 6.30. The van der Waals surface area contributed by atoms with E-state index in [9.17, 15) is 0 Å². The Morgan fingerprint density at radius 2 is 2.47 bits per heavy atom. The molecule has 1 fully saturated rings. The van der Waals surface area contributed by atoms with E-state index in [4.69, 9.17) is 11.6 Å². The van der Waals surface area contributed by atoms with Gasteiger partial charge in [-0.15, -0.1) is 0 Å². The van der Waals surface area contributed by atoms with E-state index in [0.717, 1.165) is 18.1 Å². The monoisotopic (exact) mass is 273 g/mol. The molecule has 1 aliphatic rings. The molecule has 0 amide bonds. The molecular formula is C12H20ClN3S. The van der Waals surface area contributed by atoms with Gasteiger partial charge in [-0.05, 0) is 37.3 Å². The minimum atomic E-state index is 0.352. The van der Waals surface area contributed by atoms with Gasteiger partial charge in [-0.3, -0.25) is 4.68 Å². The highest BCUT2D eigenvalue weighted by atomic mass is 35.5. The number of hydrogen-bond acceptors (Lipinski definition) is 3. The summed E-state index contributed by atoms with van der Waals surface area (Å²) in [6, 6.07) is 0.352. The van der Waals surface area contributed by atoms with Crippen molar-refractivity contribution in [2.75, 3.05) is 18.1 Å². The van der Waals surface area contributed by atoms with Gasteiger partial charge >= 0.3 is 0 Å². The van der Waals surface area contributed by atoms with E-state index in [1.165, 1.54) is 23.6 Å². The Morgan fingerprint density at radius 1 is 1.65 bits per heavy atom. The minimum Gasteiger partial charge on any atom is -0.309 e. The van der Waals surface area contributed by atoms with E-state index >= 15 is 0 Å². The lowest BCUT2D eigenvalue weighted by atomic mass is 9.96. The van der Waals surface area contributed by atoms with Crippen molar-refractivity contribution >= 4 is 23.4 Å². The molecule has 2 heterocycles. The molecule has 1 N–H and O–H groups in total. The minimum absolute atomic E-state index is 0.352. The van der Waals surface area contributed by atoms with Crippen LogP contribution in [0, 0.1) is 5.92 Å². The maximum atomic E-state index is 6.30. The third-order valence-corrected chi connectivity index (χ3v) is 4.77. The lowest BCUT2D eigenvalue weighted by molar-refractivity contribution is 0.375. The second-order valence-electron chi connectivity index (χ2n) is 4.35. The van der Waals surface area contributed by atoms with E-state index < -0.39 is 0 Å². The highest BCUT2D eigenvalue weighted by molar-refractivity contribution is 7.99. The fourth-order valence-electron chi connectivity index (χ4n) is 2.46. The molecule has 2 unspecified atom stereocenters. The molecule has 2 atom stereocenters. The van der Waals surface area contributed by atoms with Gasteiger partial charge in [0.05, 0.1) is 23.0 Å². The van der Waals surface area contributed by atoms with E-state index in [2.05, 4.69) is 24.3 Å². The Bertz CT molecular complexity index is 361. The van der Waals surface area contributed by atoms with Gasteiger partial charge in [-0.2, -0.15) is 16.9 Å². The number of nitrogens with one attached hydrogen (secondary N) is 1. The Labute approximate surface area is 112 Å². The van der Waals surface area contributed by atoms with Crippen LogP contribution < -0.4 is 5.32 Å². The van der Waals surface area contributed by atoms with Crippen molar-refractivity contribution in [3.63, 3.8) is 0 Å². The fourth-order valence-corrected chi connectivity index (χ4v) is 4.01. The van der Waals surface area contributed by atoms with Crippen LogP contribution in [-0.4, -0.2) is 27.8 Å². The summed E-state index contributed by atoms with van der Waals surface area (Å²) in [5.74, 6) is 3.17. The smallest absolute Gasteiger partial charge is 0.0834 e. The van der Waals surface area contributed by atoms with Gasteiger partial charge in [0.1, 0.15) is 0 Å². The summed E-state index contributed by atoms with van der Waals surface area (Å²) >= 11 is 8.34. The van der Waals surface area contributed by atoms with Crippen LogP contribution in [0.1, 0.15) is 32.0 Å². The number of aromatic nitrogens is 2. The molecule has 96 valence electrons. The van der Waals surface area contributed by atoms with Gasteiger partial charge in [0, 0.05) is 6.54 Å². The average molecular weight is 274 g/mol. The van der Waals surface area contributed by atoms with Crippen LogP contribution in [0.5, 0.6) is 0 Å². The first-order chi connectivity index (χ1) is 8.27. The van der Waals surface area contributed by atoms with Gasteiger partial charge in [-0.1, -0.05) is 18.5 Å². The number of halogens is 1. The zero-order valence-electron chi connectivity index (χ0n) is 10.4. The SMILES string of the molecule is CCNC(c1c(Cl)cnn1CC)C1CCSC1. The average Bonchev–Trinajstić information content (AvgIpc) is 2.95. The van der Waals surface area contributed by atoms with Crippen molar-refractivity contribution in [2.45, 2.75) is 32.9 Å². The first kappa shape index (κ1) is 13.2. The van der Waals surface area contributed by atoms with Crippen molar-refractivity contribution in [2.24, 2.45) is 5.92 Å². The van der Waals surface area contributed by atoms with E-state index in [0.29, 0.717) is 12.0 Å². The molecule has 0 radical (unpaired) electrons. The summed E-state index contributed by atoms with van der Waals surface area (Å²) in [7, 11) is 0. The lowest BCUT2D eigenvalue weighted by Gasteiger charge is -2.25. The highest BCUT2D eigenvalue weighted by Gasteiger charge is 2.30. The molecule has 2 rings (SSSR count). The van der Waals surface area contributed by atoms with Crippen LogP contribution >= 0.6 is 23.4 Å². The number of aryl methyl sites for hydroxylation is 1. The van der Waals surface area contributed by atoms with Gasteiger partial charge < -0.3 is 5.32 Å². The molecule has 1 aliphatic heterocycles. The molecular weight excluding hydrogens is 254 g/mol. The van der Waals surface area contributed by atoms with Gasteiger partial charge in [0.25, 0.3) is 0 Å². The summed E-state index contributed by atoms with van der Waals surface area (Å²) in [5.41, 5.74) is 1.17. The summed E-state index contributed by atoms with van der Waals surface area (Å²) in [4.78, 5) is 0. The van der Waals surface area contributed by atoms with E-state index in [-0.39, 0.29) is 0 Å². The molecule has 0 spiro atoms. The molecule has 1 saturated heterocycles. The first-order valence-corrected chi connectivity index (χ1v) is 7.83. The Morgan fingerprint density at radius 3 is 3.06 bits per heavy atom. The molecule has 5 heteroatoms. The topological polar surface area (TPSA) is 29.9 Å². The van der Waals surface area contributed by atoms with Crippen molar-refractivity contribution in [1.82, 2.24) is 15.1 Å². The largest absolute Gasteiger partial charge is 0.309 e. The maximum Gasteiger partial charge on any atom is 0.0834 e. The zero-order valence-corrected chi connectivity index (χ0v) is 12.0. The molecule has 0 aromatic carbocycles. The standard InChI is InChI=1S/C12H20ClN3S/c1-3-14-11(9-5-6-17-8-9)12-10(13)7-15-16(12)4-2/h7,9,11,14H,3-6,8H2,1-2H3. The summed E-state index contributed by atoms with van der Waals surface area (Å²) in [6.45, 7) is 6.11. The second kappa shape index (κ2) is 6.12. The Kier molecular flexibility index (Phi) is 4.77. The van der Waals surface area contributed by atoms with Crippen molar-refractivity contribution in [1.29, 1.82) is 0 Å². The molecule has 1 aromatic heterocycles. The molecule has 17 heavy (non-hydrogen) atoms. The third kappa shape index (κ3) is 2.80. The zero-order chi connectivity index (χ0) is 12.3. The molecule has 0 aliphatic carbocycles. The highest BCUT2D eigenvalue weighted by Crippen LogP contribution is 2.36. The van der Waals surface area contributed by atoms with Crippen LogP contribution in [0.15, 0.2) is 6.20 Å². The lowest BCUT2D eigenvalue weighted by Crippen LogP contribution is -2.30. The number of nitrogens with zero attached hydrogens (tertiary/aromatic N) is 2. The molecule has 3 nitrogen and oxygen atoms in total. The van der Waals surface area contributed by atoms with Gasteiger partial charge in [-0.25, -0.2) is 0 Å². The van der Waals surface area contributed by atoms with Gasteiger partial charge in [0.15, 0.2) is 0 Å². The summed E-state index contributed by atoms with van der Waals surface area (Å²) in [5, 5.41) is 8.73. The van der Waals surface area contributed by atoms with Crippen LogP contribution in [0.3, 0.4) is 0 Å². The number of thioether (sulfide) groups is 1. The van der Waals surface area contributed by atoms with Gasteiger partial charge in [0.2, 0.25) is 0 Å². The first-order valence-electron chi connectivity index (χ1n) is 6.30. The summed E-state index contributed by atoms with van der Waals surface area (Å²) < 4.78 is 2.03. The fraction of sp³-hybridized carbons (Fsp3) is 0.750. The van der Waals surface area contributed by atoms with Crippen LogP contribution in [-0.2, 0) is 6.54 Å². The van der Waals surface area contributed by atoms with Crippen molar-refractivity contribution < 1.29 is 0 Å².